The van der Waals surface area contributed by atoms with Crippen molar-refractivity contribution in [2.24, 2.45) is 0 Å². The van der Waals surface area contributed by atoms with E-state index in [1.165, 1.54) is 0 Å². The summed E-state index contributed by atoms with van der Waals surface area (Å²) in [5.74, 6) is 1.42. The molecule has 0 amide bonds. The number of imidazole rings is 1. The summed E-state index contributed by atoms with van der Waals surface area (Å²) in [5, 5.41) is 7.22. The number of aromatic nitrogens is 7. The van der Waals surface area contributed by atoms with Crippen molar-refractivity contribution in [3.8, 4) is 11.5 Å². The minimum absolute atomic E-state index is 0.0448. The summed E-state index contributed by atoms with van der Waals surface area (Å²) >= 11 is 6.02. The predicted octanol–water partition coefficient (Wildman–Crippen LogP) is 2.14. The van der Waals surface area contributed by atoms with Crippen LogP contribution in [0.2, 0.25) is 5.15 Å². The molecule has 0 aliphatic carbocycles. The first-order chi connectivity index (χ1) is 13.3. The van der Waals surface area contributed by atoms with Crippen LogP contribution >= 0.6 is 11.6 Å². The fourth-order valence-electron chi connectivity index (χ4n) is 3.18. The molecule has 0 saturated carbocycles. The topological polar surface area (TPSA) is 97.1 Å². The minimum Gasteiger partial charge on any atom is -0.370 e. The number of ether oxygens (including phenoxy) is 1. The Bertz CT molecular complexity index is 1080. The number of nitrogens with zero attached hydrogens (tertiary/aromatic N) is 7. The third kappa shape index (κ3) is 3.00. The molecule has 5 heterocycles. The average Bonchev–Trinajstić information content (AvgIpc) is 3.38. The molecule has 0 bridgehead atoms. The highest BCUT2D eigenvalue weighted by molar-refractivity contribution is 6.29. The number of H-pyrrole nitrogens is 1. The van der Waals surface area contributed by atoms with Gasteiger partial charge in [-0.25, -0.2) is 19.9 Å². The molecule has 0 aromatic carbocycles. The van der Waals surface area contributed by atoms with Crippen molar-refractivity contribution in [1.82, 2.24) is 34.5 Å². The van der Waals surface area contributed by atoms with E-state index in [9.17, 15) is 0 Å². The molecule has 1 aliphatic heterocycles. The number of rotatable bonds is 3. The first kappa shape index (κ1) is 16.2. The van der Waals surface area contributed by atoms with Gasteiger partial charge < -0.3 is 9.64 Å². The van der Waals surface area contributed by atoms with Gasteiger partial charge in [-0.2, -0.15) is 5.10 Å². The quantitative estimate of drug-likeness (QED) is 0.579. The van der Waals surface area contributed by atoms with Crippen molar-refractivity contribution in [2.45, 2.75) is 6.10 Å². The normalized spacial score (nSPS) is 17.5. The first-order valence-electron chi connectivity index (χ1n) is 8.45. The van der Waals surface area contributed by atoms with Crippen LogP contribution in [0, 0.1) is 0 Å². The maximum atomic E-state index is 6.02. The standard InChI is InChI=1S/C17H15ClN8O/c18-14-10-26-12(7-21-16(26)8-20-14)17-19-2-1-15(24-17)25-3-4-27-13(9-25)11-5-22-23-6-11/h1-2,5-8,10,13H,3-4,9H2,(H,22,23). The maximum absolute atomic E-state index is 6.02. The molecule has 0 spiro atoms. The fourth-order valence-corrected chi connectivity index (χ4v) is 3.32. The van der Waals surface area contributed by atoms with Gasteiger partial charge in [0.15, 0.2) is 11.5 Å². The predicted molar refractivity (Wildman–Crippen MR) is 98.5 cm³/mol. The number of morpholine rings is 1. The molecule has 4 aromatic rings. The van der Waals surface area contributed by atoms with Gasteiger partial charge in [0.1, 0.15) is 22.8 Å². The van der Waals surface area contributed by atoms with Gasteiger partial charge in [0.25, 0.3) is 0 Å². The zero-order valence-electron chi connectivity index (χ0n) is 14.2. The van der Waals surface area contributed by atoms with Crippen LogP contribution in [0.1, 0.15) is 11.7 Å². The van der Waals surface area contributed by atoms with Gasteiger partial charge in [-0.15, -0.1) is 0 Å². The summed E-state index contributed by atoms with van der Waals surface area (Å²) in [4.78, 5) is 19.7. The lowest BCUT2D eigenvalue weighted by atomic mass is 10.1. The lowest BCUT2D eigenvalue weighted by Crippen LogP contribution is -2.38. The monoisotopic (exact) mass is 382 g/mol. The molecule has 1 atom stereocenters. The van der Waals surface area contributed by atoms with Crippen molar-refractivity contribution in [1.29, 1.82) is 0 Å². The van der Waals surface area contributed by atoms with Crippen LogP contribution in [-0.4, -0.2) is 54.2 Å². The Balaban J connectivity index is 1.47. The Hall–Kier alpha value is -3.04. The number of fused-ring (bicyclic) bond motifs is 1. The molecule has 4 aromatic heterocycles. The Morgan fingerprint density at radius 1 is 1.19 bits per heavy atom. The molecule has 9 nitrogen and oxygen atoms in total. The van der Waals surface area contributed by atoms with E-state index in [1.807, 2.05) is 16.7 Å². The van der Waals surface area contributed by atoms with Crippen LogP contribution in [0.3, 0.4) is 0 Å². The fraction of sp³-hybridized carbons (Fsp3) is 0.235. The van der Waals surface area contributed by atoms with Crippen molar-refractivity contribution >= 4 is 23.1 Å². The van der Waals surface area contributed by atoms with Crippen LogP contribution in [0.5, 0.6) is 0 Å². The smallest absolute Gasteiger partial charge is 0.180 e. The van der Waals surface area contributed by atoms with Crippen molar-refractivity contribution in [2.75, 3.05) is 24.6 Å². The summed E-state index contributed by atoms with van der Waals surface area (Å²) in [7, 11) is 0. The number of halogens is 1. The second kappa shape index (κ2) is 6.60. The van der Waals surface area contributed by atoms with Gasteiger partial charge in [-0.05, 0) is 6.07 Å². The number of hydrogen-bond acceptors (Lipinski definition) is 7. The summed E-state index contributed by atoms with van der Waals surface area (Å²) in [6.07, 6.45) is 10.4. The van der Waals surface area contributed by atoms with E-state index in [0.29, 0.717) is 29.8 Å². The Morgan fingerprint density at radius 3 is 3.04 bits per heavy atom. The highest BCUT2D eigenvalue weighted by Crippen LogP contribution is 2.26. The second-order valence-corrected chi connectivity index (χ2v) is 6.54. The average molecular weight is 383 g/mol. The van der Waals surface area contributed by atoms with Crippen LogP contribution in [0.4, 0.5) is 5.82 Å². The summed E-state index contributed by atoms with van der Waals surface area (Å²) in [6, 6.07) is 1.90. The van der Waals surface area contributed by atoms with Crippen LogP contribution in [0.25, 0.3) is 17.2 Å². The molecular weight excluding hydrogens is 368 g/mol. The number of aromatic amines is 1. The Morgan fingerprint density at radius 2 is 2.15 bits per heavy atom. The zero-order valence-corrected chi connectivity index (χ0v) is 14.9. The van der Waals surface area contributed by atoms with Crippen LogP contribution in [0.15, 0.2) is 43.2 Å². The summed E-state index contributed by atoms with van der Waals surface area (Å²) < 4.78 is 7.70. The van der Waals surface area contributed by atoms with Gasteiger partial charge in [-0.3, -0.25) is 9.50 Å². The molecule has 1 fully saturated rings. The van der Waals surface area contributed by atoms with E-state index in [4.69, 9.17) is 21.3 Å². The largest absolute Gasteiger partial charge is 0.370 e. The number of anilines is 1. The van der Waals surface area contributed by atoms with Crippen LogP contribution < -0.4 is 4.90 Å². The SMILES string of the molecule is Clc1cn2c(-c3nccc(N4CCOC(c5cn[nH]c5)C4)n3)cnc2cn1. The molecular formula is C17H15ClN8O. The van der Waals surface area contributed by atoms with E-state index >= 15 is 0 Å². The Labute approximate surface area is 159 Å². The summed E-state index contributed by atoms with van der Waals surface area (Å²) in [5.41, 5.74) is 2.48. The lowest BCUT2D eigenvalue weighted by molar-refractivity contribution is 0.0395. The van der Waals surface area contributed by atoms with Gasteiger partial charge in [0.05, 0.1) is 25.2 Å². The molecule has 5 rings (SSSR count). The molecule has 1 saturated heterocycles. The first-order valence-corrected chi connectivity index (χ1v) is 8.83. The number of hydrogen-bond donors (Lipinski definition) is 1. The highest BCUT2D eigenvalue weighted by Gasteiger charge is 2.24. The molecule has 0 radical (unpaired) electrons. The molecule has 1 unspecified atom stereocenters. The van der Waals surface area contributed by atoms with Crippen molar-refractivity contribution < 1.29 is 4.74 Å². The summed E-state index contributed by atoms with van der Waals surface area (Å²) in [6.45, 7) is 2.07. The third-order valence-electron chi connectivity index (χ3n) is 4.52. The zero-order chi connectivity index (χ0) is 18.2. The van der Waals surface area contributed by atoms with Crippen molar-refractivity contribution in [3.63, 3.8) is 0 Å². The molecule has 10 heteroatoms. The van der Waals surface area contributed by atoms with Gasteiger partial charge in [0, 0.05) is 37.2 Å². The van der Waals surface area contributed by atoms with Gasteiger partial charge in [-0.1, -0.05) is 11.6 Å². The van der Waals surface area contributed by atoms with E-state index in [2.05, 4.69) is 30.0 Å². The highest BCUT2D eigenvalue weighted by atomic mass is 35.5. The van der Waals surface area contributed by atoms with Gasteiger partial charge in [0.2, 0.25) is 0 Å². The van der Waals surface area contributed by atoms with Gasteiger partial charge >= 0.3 is 0 Å². The second-order valence-electron chi connectivity index (χ2n) is 6.16. The molecule has 1 aliphatic rings. The number of nitrogens with one attached hydrogen (secondary N) is 1. The van der Waals surface area contributed by atoms with E-state index in [1.54, 1.807) is 31.0 Å². The van der Waals surface area contributed by atoms with Crippen molar-refractivity contribution in [3.05, 3.63) is 54.0 Å². The van der Waals surface area contributed by atoms with E-state index in [-0.39, 0.29) is 6.10 Å². The molecule has 1 N–H and O–H groups in total. The molecule has 136 valence electrons. The molecule has 27 heavy (non-hydrogen) atoms. The third-order valence-corrected chi connectivity index (χ3v) is 4.71. The Kier molecular flexibility index (Phi) is 3.95. The van der Waals surface area contributed by atoms with E-state index in [0.717, 1.165) is 23.6 Å². The lowest BCUT2D eigenvalue weighted by Gasteiger charge is -2.33. The minimum atomic E-state index is -0.0448. The maximum Gasteiger partial charge on any atom is 0.180 e. The van der Waals surface area contributed by atoms with Crippen LogP contribution in [-0.2, 0) is 4.74 Å². The van der Waals surface area contributed by atoms with E-state index < -0.39 is 0 Å².